The zero-order valence-corrected chi connectivity index (χ0v) is 72.4. The predicted molar refractivity (Wildman–Crippen MR) is 474 cm³/mol. The first kappa shape index (κ1) is 86.6. The SMILES string of the molecule is CC(C)(C)NS(=O)(=O)c1cncc(-c2c(Cl)nc(NCc3ccccc3)c3c(-c4ccccc4)cccc23)c1.CSc1nc(NCc2ccccc2)c2c(-c3ccccc3)cccc2c1-c1cncc(S(=O)(=O)NC(C)(C)C)c1.C[S-].NS(=O)(=O)c1cncc(-c2cnc(NCc3ccccc3)c3c(-c4ccccc4)cccc23)c1.[Na+]. The molecule has 584 valence electrons. The van der Waals surface area contributed by atoms with Crippen LogP contribution in [0.3, 0.4) is 0 Å². The number of benzene rings is 9. The van der Waals surface area contributed by atoms with E-state index in [0.717, 1.165) is 110 Å². The van der Waals surface area contributed by atoms with Gasteiger partial charge < -0.3 is 28.6 Å². The molecule has 15 rings (SSSR count). The van der Waals surface area contributed by atoms with Gasteiger partial charge in [0.15, 0.2) is 0 Å². The number of fused-ring (bicyclic) bond motifs is 3. The van der Waals surface area contributed by atoms with Crippen molar-refractivity contribution in [3.05, 3.63) is 320 Å². The smallest absolute Gasteiger partial charge is 0.796 e. The van der Waals surface area contributed by atoms with Crippen LogP contribution in [0.2, 0.25) is 5.15 Å². The molecule has 6 heterocycles. The van der Waals surface area contributed by atoms with Crippen LogP contribution in [0.25, 0.3) is 99.1 Å². The Kier molecular flexibility index (Phi) is 28.9. The zero-order valence-electron chi connectivity index (χ0n) is 65.5. The maximum atomic E-state index is 13.2. The van der Waals surface area contributed by atoms with Gasteiger partial charge >= 0.3 is 29.6 Å². The van der Waals surface area contributed by atoms with Gasteiger partial charge in [-0.15, -0.1) is 11.8 Å². The third kappa shape index (κ3) is 21.5. The fraction of sp³-hybridized carbons (Fsp3) is 0.143. The molecule has 0 fully saturated rings. The summed E-state index contributed by atoms with van der Waals surface area (Å²) in [4.78, 5) is 27.5. The van der Waals surface area contributed by atoms with Gasteiger partial charge in [-0.2, -0.15) is 6.26 Å². The average Bonchev–Trinajstić information content (AvgIpc) is 0.766. The molecule has 7 N–H and O–H groups in total. The molecule has 6 aromatic heterocycles. The second kappa shape index (κ2) is 38.7. The number of pyridine rings is 6. The van der Waals surface area contributed by atoms with E-state index >= 15 is 0 Å². The van der Waals surface area contributed by atoms with E-state index in [9.17, 15) is 25.3 Å². The molecule has 15 aromatic rings. The third-order valence-corrected chi connectivity index (χ3v) is 23.4. The summed E-state index contributed by atoms with van der Waals surface area (Å²) in [6.07, 6.45) is 14.2. The molecule has 0 bridgehead atoms. The Bertz CT molecular complexity index is 6290. The standard InChI is InChI=1S/C32H32N4O2S2.C31H29ClN4O2S.C27H22N4O2S.CH4S.Na/c1-32(2,3)36-40(37,38)25-18-24(20-33-21-25)28-27-17-11-16-26(23-14-9-6-10-15-23)29(27)30(35-31(28)39-4)34-19-22-12-7-5-8-13-22;1-31(2,3)36-39(37,38)24-17-23(19-33-20-24)27-26-16-10-15-25(22-13-8-5-9-14-22)28(26)30(35-29(27)32)34-18-21-11-6-4-7-12-21;28-34(32,33)22-14-21(16-29-17-22)25-18-31-27(30-15-19-8-3-1-4-9-19)26-23(12-7-13-24(25)26)20-10-5-2-6-11-20;1-2;/h5-18,20-21,36H,19H2,1-4H3,(H,34,35);4-17,19-20,36H,18H2,1-3H3,(H,34,35);1-14,16-18H,15H2,(H,30,31)(H2,28,32,33);2H,1H3;/q;;;;+1/p-1. The van der Waals surface area contributed by atoms with Crippen molar-refractivity contribution in [3.8, 4) is 66.8 Å². The van der Waals surface area contributed by atoms with E-state index in [-0.39, 0.29) is 49.4 Å². The van der Waals surface area contributed by atoms with Crippen LogP contribution < -0.4 is 60.1 Å². The first-order valence-corrected chi connectivity index (χ1v) is 43.6. The van der Waals surface area contributed by atoms with Gasteiger partial charge in [-0.1, -0.05) is 248 Å². The minimum Gasteiger partial charge on any atom is -0.796 e. The number of nitrogens with one attached hydrogen (secondary N) is 5. The third-order valence-electron chi connectivity index (χ3n) is 18.1. The minimum absolute atomic E-state index is 0. The van der Waals surface area contributed by atoms with Gasteiger partial charge in [-0.25, -0.2) is 54.8 Å². The van der Waals surface area contributed by atoms with Crippen LogP contribution >= 0.6 is 23.4 Å². The van der Waals surface area contributed by atoms with Crippen LogP contribution in [0.15, 0.2) is 318 Å². The van der Waals surface area contributed by atoms with Crippen molar-refractivity contribution in [2.45, 2.75) is 92.0 Å². The van der Waals surface area contributed by atoms with Gasteiger partial charge in [-0.3, -0.25) is 15.0 Å². The largest absolute Gasteiger partial charge is 1.00 e. The molecule has 0 aliphatic carbocycles. The van der Waals surface area contributed by atoms with Crippen molar-refractivity contribution < 1.29 is 54.8 Å². The van der Waals surface area contributed by atoms with Crippen molar-refractivity contribution in [2.75, 3.05) is 28.5 Å². The summed E-state index contributed by atoms with van der Waals surface area (Å²) in [6.45, 7) is 12.6. The molecule has 25 heteroatoms. The Labute approximate surface area is 716 Å². The molecule has 18 nitrogen and oxygen atoms in total. The molecular formula is C91H86ClN12NaO6S5. The summed E-state index contributed by atoms with van der Waals surface area (Å²) >= 11 is 12.5. The van der Waals surface area contributed by atoms with Gasteiger partial charge in [0.25, 0.3) is 0 Å². The number of aromatic nitrogens is 6. The number of rotatable bonds is 21. The molecule has 0 unspecified atom stereocenters. The molecule has 116 heavy (non-hydrogen) atoms. The quantitative estimate of drug-likeness (QED) is 0.0169. The second-order valence-electron chi connectivity index (χ2n) is 28.8. The molecule has 0 saturated heterocycles. The Balaban J connectivity index is 0.000000169. The van der Waals surface area contributed by atoms with Gasteiger partial charge in [-0.05, 0) is 132 Å². The fourth-order valence-corrected chi connectivity index (χ4v) is 17.5. The fourth-order valence-electron chi connectivity index (χ4n) is 13.3. The van der Waals surface area contributed by atoms with E-state index in [1.165, 1.54) is 36.4 Å². The summed E-state index contributed by atoms with van der Waals surface area (Å²) < 4.78 is 81.8. The van der Waals surface area contributed by atoms with Crippen LogP contribution in [-0.4, -0.2) is 78.7 Å². The number of halogens is 1. The molecule has 0 atom stereocenters. The molecule has 0 spiro atoms. The van der Waals surface area contributed by atoms with E-state index in [1.54, 1.807) is 63.9 Å². The Morgan fingerprint density at radius 1 is 0.379 bits per heavy atom. The summed E-state index contributed by atoms with van der Waals surface area (Å²) in [6, 6.07) is 83.9. The molecule has 9 aromatic carbocycles. The summed E-state index contributed by atoms with van der Waals surface area (Å²) in [5.41, 5.74) is 12.5. The van der Waals surface area contributed by atoms with E-state index in [4.69, 9.17) is 31.7 Å². The molecule has 0 amide bonds. The number of nitrogens with zero attached hydrogens (tertiary/aromatic N) is 6. The topological polar surface area (TPSA) is 266 Å². The molecular weight excluding hydrogens is 1580 g/mol. The Morgan fingerprint density at radius 3 is 1.11 bits per heavy atom. The van der Waals surface area contributed by atoms with Crippen LogP contribution in [0.5, 0.6) is 0 Å². The first-order chi connectivity index (χ1) is 55.3. The van der Waals surface area contributed by atoms with Gasteiger partial charge in [0.2, 0.25) is 30.1 Å². The van der Waals surface area contributed by atoms with Gasteiger partial charge in [0.1, 0.15) is 42.3 Å². The Hall–Kier alpha value is -10.2. The van der Waals surface area contributed by atoms with Crippen molar-refractivity contribution in [2.24, 2.45) is 5.14 Å². The van der Waals surface area contributed by atoms with Crippen molar-refractivity contribution >= 4 is 116 Å². The summed E-state index contributed by atoms with van der Waals surface area (Å²) in [7, 11) is -11.5. The zero-order chi connectivity index (χ0) is 81.5. The average molecular weight is 1660 g/mol. The van der Waals surface area contributed by atoms with Gasteiger partial charge in [0, 0.05) is 124 Å². The Morgan fingerprint density at radius 2 is 0.716 bits per heavy atom. The van der Waals surface area contributed by atoms with Crippen molar-refractivity contribution in [3.63, 3.8) is 0 Å². The molecule has 0 radical (unpaired) electrons. The van der Waals surface area contributed by atoms with E-state index in [0.29, 0.717) is 47.7 Å². The van der Waals surface area contributed by atoms with Gasteiger partial charge in [0.05, 0.1) is 0 Å². The maximum Gasteiger partial charge on any atom is 1.00 e. The number of hydrogen-bond donors (Lipinski definition) is 6. The minimum atomic E-state index is -3.88. The van der Waals surface area contributed by atoms with E-state index in [1.807, 2.05) is 179 Å². The molecule has 0 aliphatic rings. The molecule has 0 aliphatic heterocycles. The van der Waals surface area contributed by atoms with Crippen molar-refractivity contribution in [1.82, 2.24) is 39.3 Å². The van der Waals surface area contributed by atoms with E-state index < -0.39 is 41.1 Å². The summed E-state index contributed by atoms with van der Waals surface area (Å²) in [5, 5.41) is 22.5. The number of primary sulfonamides is 1. The number of thioether (sulfide) groups is 1. The number of sulfonamides is 3. The van der Waals surface area contributed by atoms with Crippen molar-refractivity contribution in [1.29, 1.82) is 0 Å². The van der Waals surface area contributed by atoms with Crippen LogP contribution in [-0.2, 0) is 62.3 Å². The second-order valence-corrected chi connectivity index (χ2v) is 34.9. The number of hydrogen-bond acceptors (Lipinski definition) is 17. The van der Waals surface area contributed by atoms with Crippen LogP contribution in [0.1, 0.15) is 58.2 Å². The van der Waals surface area contributed by atoms with E-state index in [2.05, 4.69) is 138 Å². The van der Waals surface area contributed by atoms with Crippen LogP contribution in [0.4, 0.5) is 17.5 Å². The first-order valence-electron chi connectivity index (χ1n) is 36.7. The van der Waals surface area contributed by atoms with Crippen LogP contribution in [0, 0.1) is 0 Å². The molecule has 0 saturated carbocycles. The normalized spacial score (nSPS) is 11.6. The predicted octanol–water partition coefficient (Wildman–Crippen LogP) is 17.1. The maximum absolute atomic E-state index is 13.2. The summed E-state index contributed by atoms with van der Waals surface area (Å²) in [5.74, 6) is 2.17. The monoisotopic (exact) mass is 1660 g/mol. The number of anilines is 3. The number of nitrogens with two attached hydrogens (primary N) is 1.